The third-order valence-corrected chi connectivity index (χ3v) is 4.98. The van der Waals surface area contributed by atoms with Crippen molar-refractivity contribution in [2.75, 3.05) is 13.1 Å². The number of para-hydroxylation sites is 1. The first-order chi connectivity index (χ1) is 12.1. The summed E-state index contributed by atoms with van der Waals surface area (Å²) in [5.74, 6) is -0.135. The number of rotatable bonds is 2. The number of aromatic hydroxyl groups is 1. The molecule has 7 nitrogen and oxygen atoms in total. The summed E-state index contributed by atoms with van der Waals surface area (Å²) in [4.78, 5) is 26.7. The fraction of sp³-hybridized carbons (Fsp3) is 0.389. The van der Waals surface area contributed by atoms with Gasteiger partial charge in [-0.3, -0.25) is 14.7 Å². The van der Waals surface area contributed by atoms with Crippen LogP contribution in [-0.4, -0.2) is 51.1 Å². The van der Waals surface area contributed by atoms with Crippen molar-refractivity contribution < 1.29 is 14.7 Å². The predicted octanol–water partition coefficient (Wildman–Crippen LogP) is 1.52. The SMILES string of the molecule is O=C1N[C@H]2CCC[C@@H]1CN(C(=O)c1cc(-c3ccccc3O)n[nH]1)C2. The van der Waals surface area contributed by atoms with Gasteiger partial charge < -0.3 is 15.3 Å². The highest BCUT2D eigenvalue weighted by Crippen LogP contribution is 2.28. The van der Waals surface area contributed by atoms with Crippen LogP contribution < -0.4 is 5.32 Å². The van der Waals surface area contributed by atoms with Crippen molar-refractivity contribution in [3.63, 3.8) is 0 Å². The quantitative estimate of drug-likeness (QED) is 0.772. The molecule has 2 saturated heterocycles. The molecule has 2 aliphatic rings. The molecule has 2 amide bonds. The Balaban J connectivity index is 1.57. The van der Waals surface area contributed by atoms with Gasteiger partial charge in [0.05, 0.1) is 11.6 Å². The zero-order chi connectivity index (χ0) is 17.4. The smallest absolute Gasteiger partial charge is 0.271 e. The van der Waals surface area contributed by atoms with E-state index >= 15 is 0 Å². The monoisotopic (exact) mass is 340 g/mol. The van der Waals surface area contributed by atoms with Crippen molar-refractivity contribution >= 4 is 11.8 Å². The molecule has 0 unspecified atom stereocenters. The molecular formula is C18H20N4O3. The number of fused-ring (bicyclic) bond motifs is 3. The molecule has 4 rings (SSSR count). The number of nitrogens with one attached hydrogen (secondary N) is 2. The number of hydrogen-bond donors (Lipinski definition) is 3. The maximum Gasteiger partial charge on any atom is 0.271 e. The number of benzene rings is 1. The Kier molecular flexibility index (Phi) is 3.91. The van der Waals surface area contributed by atoms with E-state index in [0.717, 1.165) is 19.3 Å². The molecule has 1 aromatic carbocycles. The fourth-order valence-corrected chi connectivity index (χ4v) is 3.65. The molecule has 2 atom stereocenters. The maximum atomic E-state index is 12.9. The average molecular weight is 340 g/mol. The van der Waals surface area contributed by atoms with Crippen LogP contribution in [0.5, 0.6) is 5.75 Å². The van der Waals surface area contributed by atoms with Gasteiger partial charge >= 0.3 is 0 Å². The molecule has 0 spiro atoms. The van der Waals surface area contributed by atoms with Crippen LogP contribution in [0, 0.1) is 5.92 Å². The molecule has 2 fully saturated rings. The molecule has 0 radical (unpaired) electrons. The van der Waals surface area contributed by atoms with Crippen LogP contribution in [0.3, 0.4) is 0 Å². The Morgan fingerprint density at radius 2 is 2.08 bits per heavy atom. The number of hydrogen-bond acceptors (Lipinski definition) is 4. The molecule has 130 valence electrons. The van der Waals surface area contributed by atoms with Crippen LogP contribution in [0.15, 0.2) is 30.3 Å². The van der Waals surface area contributed by atoms with Crippen LogP contribution in [-0.2, 0) is 4.79 Å². The molecule has 25 heavy (non-hydrogen) atoms. The van der Waals surface area contributed by atoms with E-state index in [1.54, 1.807) is 35.2 Å². The Bertz CT molecular complexity index is 816. The highest BCUT2D eigenvalue weighted by molar-refractivity contribution is 5.94. The number of aromatic nitrogens is 2. The van der Waals surface area contributed by atoms with Gasteiger partial charge in [0.25, 0.3) is 5.91 Å². The summed E-state index contributed by atoms with van der Waals surface area (Å²) < 4.78 is 0. The van der Waals surface area contributed by atoms with Crippen molar-refractivity contribution in [3.05, 3.63) is 36.0 Å². The second-order valence-corrected chi connectivity index (χ2v) is 6.73. The summed E-state index contributed by atoms with van der Waals surface area (Å²) in [5.41, 5.74) is 1.46. The van der Waals surface area contributed by atoms with E-state index < -0.39 is 0 Å². The highest BCUT2D eigenvalue weighted by Gasteiger charge is 2.35. The summed E-state index contributed by atoms with van der Waals surface area (Å²) in [7, 11) is 0. The van der Waals surface area contributed by atoms with E-state index in [2.05, 4.69) is 15.5 Å². The van der Waals surface area contributed by atoms with Crippen molar-refractivity contribution in [1.82, 2.24) is 20.4 Å². The van der Waals surface area contributed by atoms with Gasteiger partial charge in [0.2, 0.25) is 5.91 Å². The van der Waals surface area contributed by atoms with Gasteiger partial charge in [-0.05, 0) is 31.0 Å². The molecular weight excluding hydrogens is 320 g/mol. The zero-order valence-corrected chi connectivity index (χ0v) is 13.7. The van der Waals surface area contributed by atoms with Crippen molar-refractivity contribution in [1.29, 1.82) is 0 Å². The van der Waals surface area contributed by atoms with Gasteiger partial charge in [-0.15, -0.1) is 0 Å². The summed E-state index contributed by atoms with van der Waals surface area (Å²) in [6.07, 6.45) is 2.73. The Morgan fingerprint density at radius 3 is 2.92 bits per heavy atom. The first kappa shape index (κ1) is 15.7. The van der Waals surface area contributed by atoms with E-state index in [-0.39, 0.29) is 29.5 Å². The summed E-state index contributed by atoms with van der Waals surface area (Å²) >= 11 is 0. The molecule has 0 saturated carbocycles. The first-order valence-corrected chi connectivity index (χ1v) is 8.55. The van der Waals surface area contributed by atoms with Gasteiger partial charge in [0.15, 0.2) is 0 Å². The van der Waals surface area contributed by atoms with E-state index in [1.807, 2.05) is 0 Å². The lowest BCUT2D eigenvalue weighted by Gasteiger charge is -2.27. The van der Waals surface area contributed by atoms with Crippen molar-refractivity contribution in [2.45, 2.75) is 25.3 Å². The predicted molar refractivity (Wildman–Crippen MR) is 90.9 cm³/mol. The molecule has 2 aliphatic heterocycles. The topological polar surface area (TPSA) is 98.3 Å². The Hall–Kier alpha value is -2.83. The van der Waals surface area contributed by atoms with E-state index in [0.29, 0.717) is 30.0 Å². The molecule has 2 bridgehead atoms. The van der Waals surface area contributed by atoms with Crippen LogP contribution in [0.25, 0.3) is 11.3 Å². The zero-order valence-electron chi connectivity index (χ0n) is 13.7. The van der Waals surface area contributed by atoms with Crippen LogP contribution in [0.4, 0.5) is 0 Å². The number of nitrogens with zero attached hydrogens (tertiary/aromatic N) is 2. The average Bonchev–Trinajstić information content (AvgIpc) is 2.93. The normalized spacial score (nSPS) is 23.0. The number of carbonyl (C=O) groups excluding carboxylic acids is 2. The lowest BCUT2D eigenvalue weighted by atomic mass is 9.99. The number of phenols is 1. The molecule has 3 N–H and O–H groups in total. The number of likely N-dealkylation sites (tertiary alicyclic amines) is 1. The minimum absolute atomic E-state index is 0.0181. The molecule has 0 aliphatic carbocycles. The van der Waals surface area contributed by atoms with E-state index in [1.165, 1.54) is 0 Å². The fourth-order valence-electron chi connectivity index (χ4n) is 3.65. The Labute approximate surface area is 145 Å². The maximum absolute atomic E-state index is 12.9. The van der Waals surface area contributed by atoms with Crippen LogP contribution in [0.2, 0.25) is 0 Å². The van der Waals surface area contributed by atoms with Gasteiger partial charge in [-0.1, -0.05) is 18.6 Å². The van der Waals surface area contributed by atoms with Crippen molar-refractivity contribution in [2.24, 2.45) is 5.92 Å². The Morgan fingerprint density at radius 1 is 1.24 bits per heavy atom. The summed E-state index contributed by atoms with van der Waals surface area (Å²) in [5, 5.41) is 19.9. The first-order valence-electron chi connectivity index (χ1n) is 8.55. The van der Waals surface area contributed by atoms with Crippen molar-refractivity contribution in [3.8, 4) is 17.0 Å². The molecule has 3 heterocycles. The number of amides is 2. The minimum atomic E-state index is -0.164. The van der Waals surface area contributed by atoms with E-state index in [4.69, 9.17) is 0 Å². The molecule has 7 heteroatoms. The van der Waals surface area contributed by atoms with Crippen LogP contribution in [0.1, 0.15) is 29.8 Å². The highest BCUT2D eigenvalue weighted by atomic mass is 16.3. The molecule has 1 aromatic heterocycles. The lowest BCUT2D eigenvalue weighted by molar-refractivity contribution is -0.124. The largest absolute Gasteiger partial charge is 0.507 e. The van der Waals surface area contributed by atoms with Crippen LogP contribution >= 0.6 is 0 Å². The summed E-state index contributed by atoms with van der Waals surface area (Å²) in [6, 6.07) is 8.53. The lowest BCUT2D eigenvalue weighted by Crippen LogP contribution is -2.41. The number of phenolic OH excluding ortho intramolecular Hbond substituents is 1. The molecule has 2 aromatic rings. The number of aromatic amines is 1. The third kappa shape index (κ3) is 2.97. The van der Waals surface area contributed by atoms with E-state index in [9.17, 15) is 14.7 Å². The van der Waals surface area contributed by atoms with Gasteiger partial charge in [-0.2, -0.15) is 5.10 Å². The second-order valence-electron chi connectivity index (χ2n) is 6.73. The third-order valence-electron chi connectivity index (χ3n) is 4.98. The van der Waals surface area contributed by atoms with Gasteiger partial charge in [0.1, 0.15) is 11.4 Å². The summed E-state index contributed by atoms with van der Waals surface area (Å²) in [6.45, 7) is 0.956. The standard InChI is InChI=1S/C18H20N4O3/c23-16-7-2-1-6-13(16)14-8-15(21-20-14)18(25)22-9-11-4-3-5-12(10-22)19-17(11)24/h1-2,6-8,11-12,23H,3-5,9-10H2,(H,19,24)(H,20,21)/t11-,12+/m1/s1. The second kappa shape index (κ2) is 6.23. The van der Waals surface area contributed by atoms with Gasteiger partial charge in [0, 0.05) is 24.7 Å². The number of carbonyl (C=O) groups is 2. The minimum Gasteiger partial charge on any atom is -0.507 e. The van der Waals surface area contributed by atoms with Gasteiger partial charge in [-0.25, -0.2) is 0 Å². The number of H-pyrrole nitrogens is 1.